The van der Waals surface area contributed by atoms with Crippen LogP contribution in [0.2, 0.25) is 0 Å². The van der Waals surface area contributed by atoms with Gasteiger partial charge in [0.2, 0.25) is 0 Å². The highest BCUT2D eigenvalue weighted by molar-refractivity contribution is 7.16. The van der Waals surface area contributed by atoms with Gasteiger partial charge in [-0.1, -0.05) is 0 Å². The molecule has 1 aromatic carbocycles. The van der Waals surface area contributed by atoms with Gasteiger partial charge >= 0.3 is 0 Å². The molecule has 126 valence electrons. The van der Waals surface area contributed by atoms with E-state index >= 15 is 0 Å². The summed E-state index contributed by atoms with van der Waals surface area (Å²) in [6, 6.07) is 5.37. The molecule has 2 rings (SSSR count). The number of nitro groups is 1. The second-order valence-electron chi connectivity index (χ2n) is 4.94. The smallest absolute Gasteiger partial charge is 0.269 e. The Labute approximate surface area is 141 Å². The number of aryl methyl sites for hydroxylation is 1. The van der Waals surface area contributed by atoms with Crippen molar-refractivity contribution >= 4 is 33.8 Å². The van der Waals surface area contributed by atoms with E-state index in [2.05, 4.69) is 5.32 Å². The molecular formula is C15H15N3O5S. The second-order valence-corrected chi connectivity index (χ2v) is 6.16. The molecule has 0 aliphatic carbocycles. The molecule has 1 aromatic heterocycles. The van der Waals surface area contributed by atoms with E-state index in [4.69, 9.17) is 10.5 Å². The van der Waals surface area contributed by atoms with Crippen molar-refractivity contribution in [3.05, 3.63) is 50.4 Å². The Morgan fingerprint density at radius 1 is 1.29 bits per heavy atom. The van der Waals surface area contributed by atoms with E-state index in [1.807, 2.05) is 6.92 Å². The lowest BCUT2D eigenvalue weighted by Crippen LogP contribution is -2.22. The van der Waals surface area contributed by atoms with Gasteiger partial charge < -0.3 is 15.8 Å². The van der Waals surface area contributed by atoms with E-state index in [1.54, 1.807) is 6.92 Å². The minimum absolute atomic E-state index is 0.0672. The van der Waals surface area contributed by atoms with Gasteiger partial charge in [-0.3, -0.25) is 19.7 Å². The van der Waals surface area contributed by atoms with Crippen LogP contribution in [0, 0.1) is 24.0 Å². The molecule has 0 fully saturated rings. The van der Waals surface area contributed by atoms with Crippen molar-refractivity contribution in [1.82, 2.24) is 0 Å². The molecule has 0 aliphatic heterocycles. The van der Waals surface area contributed by atoms with Gasteiger partial charge in [-0.2, -0.15) is 0 Å². The number of primary amides is 1. The molecule has 24 heavy (non-hydrogen) atoms. The fourth-order valence-corrected chi connectivity index (χ4v) is 3.07. The van der Waals surface area contributed by atoms with Crippen LogP contribution in [0.4, 0.5) is 10.7 Å². The van der Waals surface area contributed by atoms with E-state index in [1.165, 1.54) is 35.6 Å². The average molecular weight is 349 g/mol. The second kappa shape index (κ2) is 7.09. The normalized spacial score (nSPS) is 10.2. The number of nitrogens with zero attached hydrogens (tertiary/aromatic N) is 1. The Kier molecular flexibility index (Phi) is 5.14. The summed E-state index contributed by atoms with van der Waals surface area (Å²) in [7, 11) is 0. The van der Waals surface area contributed by atoms with Gasteiger partial charge in [0, 0.05) is 17.0 Å². The summed E-state index contributed by atoms with van der Waals surface area (Å²) in [6.07, 6.45) is 0. The fourth-order valence-electron chi connectivity index (χ4n) is 1.99. The van der Waals surface area contributed by atoms with Crippen molar-refractivity contribution in [3.8, 4) is 5.75 Å². The summed E-state index contributed by atoms with van der Waals surface area (Å²) >= 11 is 1.26. The molecule has 8 nitrogen and oxygen atoms in total. The first-order valence-corrected chi connectivity index (χ1v) is 7.68. The predicted molar refractivity (Wildman–Crippen MR) is 89.5 cm³/mol. The van der Waals surface area contributed by atoms with Crippen molar-refractivity contribution in [3.63, 3.8) is 0 Å². The summed E-state index contributed by atoms with van der Waals surface area (Å²) in [6.45, 7) is 3.29. The predicted octanol–water partition coefficient (Wildman–Crippen LogP) is 2.39. The Morgan fingerprint density at radius 3 is 2.46 bits per heavy atom. The van der Waals surface area contributed by atoms with Gasteiger partial charge in [0.15, 0.2) is 6.61 Å². The van der Waals surface area contributed by atoms with E-state index in [0.717, 1.165) is 10.4 Å². The van der Waals surface area contributed by atoms with E-state index in [9.17, 15) is 19.7 Å². The SMILES string of the molecule is Cc1sc(NC(=O)COc2ccc([N+](=O)[O-])cc2)c(C(N)=O)c1C. The zero-order valence-electron chi connectivity index (χ0n) is 13.0. The summed E-state index contributed by atoms with van der Waals surface area (Å²) in [5.74, 6) is -0.745. The first-order chi connectivity index (χ1) is 11.3. The zero-order chi connectivity index (χ0) is 17.9. The number of ether oxygens (including phenoxy) is 1. The van der Waals surface area contributed by atoms with Crippen molar-refractivity contribution in [2.24, 2.45) is 5.73 Å². The highest BCUT2D eigenvalue weighted by atomic mass is 32.1. The summed E-state index contributed by atoms with van der Waals surface area (Å²) in [5, 5.41) is 13.5. The van der Waals surface area contributed by atoms with Crippen molar-refractivity contribution in [1.29, 1.82) is 0 Å². The van der Waals surface area contributed by atoms with E-state index in [0.29, 0.717) is 16.3 Å². The number of carbonyl (C=O) groups excluding carboxylic acids is 2. The quantitative estimate of drug-likeness (QED) is 0.612. The van der Waals surface area contributed by atoms with Crippen LogP contribution in [-0.2, 0) is 4.79 Å². The third-order valence-electron chi connectivity index (χ3n) is 3.30. The van der Waals surface area contributed by atoms with E-state index < -0.39 is 16.7 Å². The highest BCUT2D eigenvalue weighted by Gasteiger charge is 2.19. The third kappa shape index (κ3) is 3.87. The molecule has 0 bridgehead atoms. The number of benzene rings is 1. The molecule has 0 unspecified atom stereocenters. The van der Waals surface area contributed by atoms with Crippen molar-refractivity contribution in [2.45, 2.75) is 13.8 Å². The fraction of sp³-hybridized carbons (Fsp3) is 0.200. The first-order valence-electron chi connectivity index (χ1n) is 6.86. The minimum atomic E-state index is -0.608. The van der Waals surface area contributed by atoms with Crippen LogP contribution < -0.4 is 15.8 Å². The summed E-state index contributed by atoms with van der Waals surface area (Å²) < 4.78 is 5.27. The Bertz CT molecular complexity index is 798. The molecule has 0 saturated heterocycles. The molecular weight excluding hydrogens is 334 g/mol. The van der Waals surface area contributed by atoms with Crippen LogP contribution >= 0.6 is 11.3 Å². The number of carbonyl (C=O) groups is 2. The number of hydrogen-bond acceptors (Lipinski definition) is 6. The molecule has 0 spiro atoms. The minimum Gasteiger partial charge on any atom is -0.484 e. The van der Waals surface area contributed by atoms with Crippen molar-refractivity contribution in [2.75, 3.05) is 11.9 Å². The number of nitrogens with two attached hydrogens (primary N) is 1. The number of nitrogens with one attached hydrogen (secondary N) is 1. The zero-order valence-corrected chi connectivity index (χ0v) is 13.8. The monoisotopic (exact) mass is 349 g/mol. The van der Waals surface area contributed by atoms with Crippen molar-refractivity contribution < 1.29 is 19.2 Å². The number of nitro benzene ring substituents is 1. The highest BCUT2D eigenvalue weighted by Crippen LogP contribution is 2.31. The number of thiophene rings is 1. The summed E-state index contributed by atoms with van der Waals surface area (Å²) in [5.41, 5.74) is 6.30. The largest absolute Gasteiger partial charge is 0.484 e. The lowest BCUT2D eigenvalue weighted by atomic mass is 10.1. The van der Waals surface area contributed by atoms with Gasteiger partial charge in [-0.25, -0.2) is 0 Å². The van der Waals surface area contributed by atoms with Crippen LogP contribution in [0.25, 0.3) is 0 Å². The maximum absolute atomic E-state index is 12.0. The van der Waals surface area contributed by atoms with Gasteiger partial charge in [0.05, 0.1) is 10.5 Å². The first kappa shape index (κ1) is 17.4. The lowest BCUT2D eigenvalue weighted by molar-refractivity contribution is -0.384. The summed E-state index contributed by atoms with van der Waals surface area (Å²) in [4.78, 5) is 34.4. The number of rotatable bonds is 6. The molecule has 0 atom stereocenters. The topological polar surface area (TPSA) is 125 Å². The Morgan fingerprint density at radius 2 is 1.92 bits per heavy atom. The van der Waals surface area contributed by atoms with Crippen LogP contribution in [0.5, 0.6) is 5.75 Å². The van der Waals surface area contributed by atoms with Gasteiger partial charge in [-0.15, -0.1) is 11.3 Å². The molecule has 0 radical (unpaired) electrons. The third-order valence-corrected chi connectivity index (χ3v) is 4.42. The van der Waals surface area contributed by atoms with E-state index in [-0.39, 0.29) is 12.3 Å². The molecule has 9 heteroatoms. The number of anilines is 1. The molecule has 3 N–H and O–H groups in total. The Balaban J connectivity index is 2.00. The maximum Gasteiger partial charge on any atom is 0.269 e. The lowest BCUT2D eigenvalue weighted by Gasteiger charge is -2.07. The van der Waals surface area contributed by atoms with Gasteiger partial charge in [0.1, 0.15) is 10.8 Å². The molecule has 2 aromatic rings. The number of non-ortho nitro benzene ring substituents is 1. The van der Waals surface area contributed by atoms with Crippen LogP contribution in [-0.4, -0.2) is 23.3 Å². The Hall–Kier alpha value is -2.94. The molecule has 0 saturated carbocycles. The standard InChI is InChI=1S/C15H15N3O5S/c1-8-9(2)24-15(13(8)14(16)20)17-12(19)7-23-11-5-3-10(4-6-11)18(21)22/h3-6H,7H2,1-2H3,(H2,16,20)(H,17,19). The number of amides is 2. The molecule has 1 heterocycles. The van der Waals surface area contributed by atoms with Gasteiger partial charge in [-0.05, 0) is 31.5 Å². The molecule has 0 aliphatic rings. The molecule has 2 amide bonds. The van der Waals surface area contributed by atoms with Gasteiger partial charge in [0.25, 0.3) is 17.5 Å². The van der Waals surface area contributed by atoms with Crippen LogP contribution in [0.15, 0.2) is 24.3 Å². The van der Waals surface area contributed by atoms with Crippen LogP contribution in [0.3, 0.4) is 0 Å². The maximum atomic E-state index is 12.0. The van der Waals surface area contributed by atoms with Crippen LogP contribution in [0.1, 0.15) is 20.8 Å². The number of hydrogen-bond donors (Lipinski definition) is 2. The average Bonchev–Trinajstić information content (AvgIpc) is 2.80.